The van der Waals surface area contributed by atoms with E-state index in [1.807, 2.05) is 12.1 Å². The van der Waals surface area contributed by atoms with E-state index in [0.717, 1.165) is 25.7 Å². The summed E-state index contributed by atoms with van der Waals surface area (Å²) in [4.78, 5) is 24.6. The second-order valence-electron chi connectivity index (χ2n) is 8.02. The average Bonchev–Trinajstić information content (AvgIpc) is 2.70. The molecule has 0 N–H and O–H groups in total. The summed E-state index contributed by atoms with van der Waals surface area (Å²) < 4.78 is 10.9. The molecular formula is C24H28O4. The minimum atomic E-state index is -0.406. The normalized spacial score (nSPS) is 19.3. The van der Waals surface area contributed by atoms with Gasteiger partial charge in [0, 0.05) is 0 Å². The summed E-state index contributed by atoms with van der Waals surface area (Å²) in [6.45, 7) is 6.44. The molecule has 0 atom stereocenters. The van der Waals surface area contributed by atoms with Crippen LogP contribution in [0, 0.1) is 11.8 Å². The van der Waals surface area contributed by atoms with E-state index in [1.165, 1.54) is 5.56 Å². The van der Waals surface area contributed by atoms with Crippen LogP contribution in [0.4, 0.5) is 0 Å². The van der Waals surface area contributed by atoms with Gasteiger partial charge in [0.25, 0.3) is 0 Å². The van der Waals surface area contributed by atoms with Gasteiger partial charge in [-0.3, -0.25) is 4.79 Å². The number of rotatable bonds is 5. The van der Waals surface area contributed by atoms with Crippen molar-refractivity contribution in [2.75, 3.05) is 0 Å². The Morgan fingerprint density at radius 3 is 1.89 bits per heavy atom. The van der Waals surface area contributed by atoms with Crippen LogP contribution >= 0.6 is 0 Å². The highest BCUT2D eigenvalue weighted by Gasteiger charge is 2.25. The maximum atomic E-state index is 12.3. The lowest BCUT2D eigenvalue weighted by Crippen LogP contribution is -2.24. The fourth-order valence-corrected chi connectivity index (χ4v) is 3.44. The van der Waals surface area contributed by atoms with E-state index in [0.29, 0.717) is 28.9 Å². The third-order valence-electron chi connectivity index (χ3n) is 5.41. The van der Waals surface area contributed by atoms with Crippen LogP contribution < -0.4 is 9.47 Å². The van der Waals surface area contributed by atoms with Crippen molar-refractivity contribution in [3.05, 3.63) is 59.7 Å². The minimum absolute atomic E-state index is 0.0116. The van der Waals surface area contributed by atoms with Crippen LogP contribution in [0.25, 0.3) is 0 Å². The molecule has 2 aromatic carbocycles. The topological polar surface area (TPSA) is 52.6 Å². The Labute approximate surface area is 166 Å². The molecule has 1 aliphatic carbocycles. The van der Waals surface area contributed by atoms with Crippen LogP contribution in [0.2, 0.25) is 0 Å². The van der Waals surface area contributed by atoms with Crippen LogP contribution in [0.3, 0.4) is 0 Å². The first kappa shape index (κ1) is 20.1. The molecule has 0 aliphatic heterocycles. The summed E-state index contributed by atoms with van der Waals surface area (Å²) in [5.74, 6) is 1.42. The van der Waals surface area contributed by atoms with Gasteiger partial charge in [0.2, 0.25) is 0 Å². The third-order valence-corrected chi connectivity index (χ3v) is 5.41. The predicted octanol–water partition coefficient (Wildman–Crippen LogP) is 5.76. The molecule has 1 aliphatic rings. The number of hydrogen-bond acceptors (Lipinski definition) is 4. The largest absolute Gasteiger partial charge is 0.426 e. The Bertz CT molecular complexity index is 798. The van der Waals surface area contributed by atoms with Gasteiger partial charge in [-0.05, 0) is 79.5 Å². The summed E-state index contributed by atoms with van der Waals surface area (Å²) in [6, 6.07) is 14.0. The Hall–Kier alpha value is -2.62. The molecule has 1 fully saturated rings. The molecular weight excluding hydrogens is 352 g/mol. The second-order valence-corrected chi connectivity index (χ2v) is 8.02. The fourth-order valence-electron chi connectivity index (χ4n) is 3.44. The van der Waals surface area contributed by atoms with E-state index in [4.69, 9.17) is 9.47 Å². The smallest absolute Gasteiger partial charge is 0.343 e. The van der Waals surface area contributed by atoms with Crippen molar-refractivity contribution in [2.45, 2.75) is 52.4 Å². The lowest BCUT2D eigenvalue weighted by molar-refractivity contribution is -0.140. The van der Waals surface area contributed by atoms with Crippen molar-refractivity contribution in [1.82, 2.24) is 0 Å². The molecule has 2 aromatic rings. The Kier molecular flexibility index (Phi) is 6.50. The molecule has 0 radical (unpaired) electrons. The van der Waals surface area contributed by atoms with Gasteiger partial charge in [-0.25, -0.2) is 4.79 Å². The minimum Gasteiger partial charge on any atom is -0.426 e. The van der Waals surface area contributed by atoms with Crippen LogP contribution in [0.5, 0.6) is 11.5 Å². The highest BCUT2D eigenvalue weighted by atomic mass is 16.5. The van der Waals surface area contributed by atoms with Crippen LogP contribution in [0.1, 0.15) is 68.3 Å². The van der Waals surface area contributed by atoms with Crippen molar-refractivity contribution in [2.24, 2.45) is 11.8 Å². The van der Waals surface area contributed by atoms with Crippen molar-refractivity contribution >= 4 is 11.9 Å². The van der Waals surface area contributed by atoms with E-state index in [-0.39, 0.29) is 11.9 Å². The number of benzene rings is 2. The number of esters is 2. The van der Waals surface area contributed by atoms with Crippen LogP contribution in [0.15, 0.2) is 48.5 Å². The summed E-state index contributed by atoms with van der Waals surface area (Å²) in [6.07, 6.45) is 3.94. The zero-order chi connectivity index (χ0) is 20.1. The van der Waals surface area contributed by atoms with Gasteiger partial charge in [0.05, 0.1) is 11.5 Å². The number of carbonyl (C=O) groups is 2. The second kappa shape index (κ2) is 9.05. The van der Waals surface area contributed by atoms with Crippen LogP contribution in [-0.2, 0) is 4.79 Å². The maximum absolute atomic E-state index is 12.3. The van der Waals surface area contributed by atoms with E-state index < -0.39 is 5.97 Å². The van der Waals surface area contributed by atoms with E-state index in [1.54, 1.807) is 36.4 Å². The lowest BCUT2D eigenvalue weighted by Gasteiger charge is -2.24. The molecule has 4 nitrogen and oxygen atoms in total. The molecule has 0 amide bonds. The number of carbonyl (C=O) groups excluding carboxylic acids is 2. The maximum Gasteiger partial charge on any atom is 0.343 e. The first-order valence-electron chi connectivity index (χ1n) is 10.1. The van der Waals surface area contributed by atoms with E-state index in [2.05, 4.69) is 20.8 Å². The lowest BCUT2D eigenvalue weighted by atomic mass is 9.83. The number of hydrogen-bond donors (Lipinski definition) is 0. The van der Waals surface area contributed by atoms with Gasteiger partial charge in [0.15, 0.2) is 0 Å². The summed E-state index contributed by atoms with van der Waals surface area (Å²) >= 11 is 0. The molecule has 0 bridgehead atoms. The van der Waals surface area contributed by atoms with Crippen LogP contribution in [-0.4, -0.2) is 11.9 Å². The van der Waals surface area contributed by atoms with Gasteiger partial charge in [-0.2, -0.15) is 0 Å². The molecule has 0 heterocycles. The van der Waals surface area contributed by atoms with Gasteiger partial charge in [0.1, 0.15) is 11.5 Å². The van der Waals surface area contributed by atoms with Crippen molar-refractivity contribution < 1.29 is 19.1 Å². The molecule has 3 rings (SSSR count). The highest BCUT2D eigenvalue weighted by Crippen LogP contribution is 2.30. The van der Waals surface area contributed by atoms with Crippen molar-refractivity contribution in [3.8, 4) is 11.5 Å². The van der Waals surface area contributed by atoms with Gasteiger partial charge in [-0.1, -0.05) is 32.9 Å². The first-order chi connectivity index (χ1) is 13.4. The highest BCUT2D eigenvalue weighted by molar-refractivity contribution is 5.91. The molecule has 0 saturated heterocycles. The predicted molar refractivity (Wildman–Crippen MR) is 109 cm³/mol. The number of ether oxygens (including phenoxy) is 2. The van der Waals surface area contributed by atoms with E-state index >= 15 is 0 Å². The monoisotopic (exact) mass is 380 g/mol. The molecule has 4 heteroatoms. The first-order valence-corrected chi connectivity index (χ1v) is 10.1. The Morgan fingerprint density at radius 1 is 0.821 bits per heavy atom. The van der Waals surface area contributed by atoms with Crippen molar-refractivity contribution in [3.63, 3.8) is 0 Å². The summed E-state index contributed by atoms with van der Waals surface area (Å²) in [5, 5.41) is 0. The molecule has 0 aromatic heterocycles. The van der Waals surface area contributed by atoms with Gasteiger partial charge in [-0.15, -0.1) is 0 Å². The fraction of sp³-hybridized carbons (Fsp3) is 0.417. The Morgan fingerprint density at radius 2 is 1.36 bits per heavy atom. The summed E-state index contributed by atoms with van der Waals surface area (Å²) in [7, 11) is 0. The van der Waals surface area contributed by atoms with Gasteiger partial charge < -0.3 is 9.47 Å². The third kappa shape index (κ3) is 5.22. The molecule has 0 unspecified atom stereocenters. The van der Waals surface area contributed by atoms with Crippen molar-refractivity contribution in [1.29, 1.82) is 0 Å². The van der Waals surface area contributed by atoms with E-state index in [9.17, 15) is 9.59 Å². The molecule has 28 heavy (non-hydrogen) atoms. The summed E-state index contributed by atoms with van der Waals surface area (Å²) in [5.41, 5.74) is 1.68. The molecule has 0 spiro atoms. The standard InChI is InChI=1S/C24H28O4/c1-16(2)18-8-10-20(11-9-18)24(26)28-22-14-12-21(13-15-22)27-23(25)19-6-4-17(3)5-7-19/h8-17,19H,4-7H2,1-3H3. The zero-order valence-corrected chi connectivity index (χ0v) is 16.8. The average molecular weight is 380 g/mol. The Balaban J connectivity index is 1.55. The SMILES string of the molecule is CC1CCC(C(=O)Oc2ccc(OC(=O)c3ccc(C(C)C)cc3)cc2)CC1. The molecule has 1 saturated carbocycles. The molecule has 148 valence electrons. The zero-order valence-electron chi connectivity index (χ0n) is 16.8. The quantitative estimate of drug-likeness (QED) is 0.489. The van der Waals surface area contributed by atoms with Gasteiger partial charge >= 0.3 is 11.9 Å².